The number of benzene rings is 2. The highest BCUT2D eigenvalue weighted by Crippen LogP contribution is 2.68. The Kier molecular flexibility index (Phi) is 8.44. The Morgan fingerprint density at radius 2 is 1.42 bits per heavy atom. The summed E-state index contributed by atoms with van der Waals surface area (Å²) in [6.45, 7) is 9.27. The van der Waals surface area contributed by atoms with Gasteiger partial charge in [-0.15, -0.1) is 0 Å². The van der Waals surface area contributed by atoms with Crippen molar-refractivity contribution in [2.75, 3.05) is 0 Å². The Hall–Kier alpha value is -4.02. The van der Waals surface area contributed by atoms with Gasteiger partial charge in [-0.1, -0.05) is 48.5 Å². The van der Waals surface area contributed by atoms with Gasteiger partial charge >= 0.3 is 23.9 Å². The molecule has 1 aliphatic heterocycles. The summed E-state index contributed by atoms with van der Waals surface area (Å²) in [6, 6.07) is 17.5. The van der Waals surface area contributed by atoms with Crippen LogP contribution in [0, 0.1) is 11.3 Å². The number of carbonyl (C=O) groups is 4. The fourth-order valence-corrected chi connectivity index (χ4v) is 7.65. The Bertz CT molecular complexity index is 1480. The van der Waals surface area contributed by atoms with E-state index >= 15 is 0 Å². The van der Waals surface area contributed by atoms with E-state index in [0.29, 0.717) is 6.42 Å². The quantitative estimate of drug-likeness (QED) is 0.269. The van der Waals surface area contributed by atoms with E-state index in [2.05, 4.69) is 0 Å². The summed E-state index contributed by atoms with van der Waals surface area (Å²) < 4.78 is 30.7. The molecule has 1 spiro atoms. The van der Waals surface area contributed by atoms with Crippen LogP contribution >= 0.6 is 0 Å². The van der Waals surface area contributed by atoms with Gasteiger partial charge < -0.3 is 28.8 Å². The van der Waals surface area contributed by atoms with Crippen LogP contribution in [0.5, 0.6) is 0 Å². The molecular weight excluding hydrogens is 580 g/mol. The highest BCUT2D eigenvalue weighted by atomic mass is 16.6. The number of ether oxygens (including phenoxy) is 5. The maximum absolute atomic E-state index is 13.7. The zero-order valence-corrected chi connectivity index (χ0v) is 26.4. The Morgan fingerprint density at radius 1 is 0.822 bits per heavy atom. The highest BCUT2D eigenvalue weighted by Gasteiger charge is 2.82. The average Bonchev–Trinajstić information content (AvgIpc) is 3.23. The molecule has 0 aromatic heterocycles. The molecule has 3 aliphatic rings. The topological polar surface area (TPSA) is 135 Å². The van der Waals surface area contributed by atoms with Gasteiger partial charge in [-0.2, -0.15) is 0 Å². The molecular formula is C35H40O10. The minimum absolute atomic E-state index is 0.207. The summed E-state index contributed by atoms with van der Waals surface area (Å²) in [7, 11) is 0. The molecule has 1 heterocycles. The van der Waals surface area contributed by atoms with Gasteiger partial charge in [0, 0.05) is 19.9 Å². The van der Waals surface area contributed by atoms with Crippen molar-refractivity contribution in [1.82, 2.24) is 0 Å². The molecule has 1 N–H and O–H groups in total. The first-order chi connectivity index (χ1) is 21.1. The highest BCUT2D eigenvalue weighted by molar-refractivity contribution is 5.89. The molecule has 3 fully saturated rings. The van der Waals surface area contributed by atoms with Crippen LogP contribution in [0.25, 0.3) is 6.08 Å². The molecule has 2 bridgehead atoms. The van der Waals surface area contributed by atoms with Gasteiger partial charge in [0.05, 0.1) is 16.6 Å². The zero-order valence-electron chi connectivity index (χ0n) is 26.4. The molecule has 0 amide bonds. The molecule has 2 saturated carbocycles. The largest absolute Gasteiger partial charge is 0.458 e. The predicted molar refractivity (Wildman–Crippen MR) is 161 cm³/mol. The summed E-state index contributed by atoms with van der Waals surface area (Å²) >= 11 is 0. The van der Waals surface area contributed by atoms with Crippen LogP contribution in [0.2, 0.25) is 0 Å². The first kappa shape index (κ1) is 32.4. The van der Waals surface area contributed by atoms with Gasteiger partial charge in [0.25, 0.3) is 0 Å². The summed E-state index contributed by atoms with van der Waals surface area (Å²) in [5.41, 5.74) is -4.90. The van der Waals surface area contributed by atoms with Gasteiger partial charge in [0.2, 0.25) is 0 Å². The Morgan fingerprint density at radius 3 is 2.02 bits per heavy atom. The van der Waals surface area contributed by atoms with Crippen LogP contribution in [-0.4, -0.2) is 70.2 Å². The van der Waals surface area contributed by atoms with Gasteiger partial charge in [-0.3, -0.25) is 9.59 Å². The third-order valence-corrected chi connectivity index (χ3v) is 9.86. The number of carbonyl (C=O) groups excluding carboxylic acids is 4. The molecule has 8 atom stereocenters. The normalized spacial score (nSPS) is 34.8. The molecule has 1 saturated heterocycles. The summed E-state index contributed by atoms with van der Waals surface area (Å²) in [5, 5.41) is 12.5. The molecule has 5 rings (SSSR count). The maximum atomic E-state index is 13.7. The van der Waals surface area contributed by atoms with Crippen molar-refractivity contribution < 1.29 is 48.0 Å². The van der Waals surface area contributed by atoms with Crippen LogP contribution in [0.15, 0.2) is 66.7 Å². The van der Waals surface area contributed by atoms with Crippen molar-refractivity contribution in [1.29, 1.82) is 0 Å². The number of aliphatic hydroxyl groups is 1. The zero-order chi connectivity index (χ0) is 32.8. The number of hydrogen-bond donors (Lipinski definition) is 1. The second-order valence-corrected chi connectivity index (χ2v) is 13.1. The third kappa shape index (κ3) is 5.55. The molecule has 2 aromatic rings. The number of fused-ring (bicyclic) bond motifs is 1. The van der Waals surface area contributed by atoms with Crippen molar-refractivity contribution in [3.8, 4) is 0 Å². The second kappa shape index (κ2) is 11.7. The molecule has 2 aliphatic carbocycles. The fourth-order valence-electron chi connectivity index (χ4n) is 7.65. The number of hydrogen-bond acceptors (Lipinski definition) is 10. The van der Waals surface area contributed by atoms with Crippen LogP contribution in [0.1, 0.15) is 70.3 Å². The van der Waals surface area contributed by atoms with Crippen molar-refractivity contribution in [3.05, 3.63) is 77.9 Å². The molecule has 0 unspecified atom stereocenters. The van der Waals surface area contributed by atoms with Crippen LogP contribution in [-0.2, 0) is 38.1 Å². The minimum atomic E-state index is -2.00. The summed E-state index contributed by atoms with van der Waals surface area (Å²) in [5.74, 6) is -3.11. The lowest BCUT2D eigenvalue weighted by Crippen LogP contribution is -2.82. The molecule has 10 heteroatoms. The van der Waals surface area contributed by atoms with E-state index in [0.717, 1.165) is 5.56 Å². The van der Waals surface area contributed by atoms with Crippen LogP contribution in [0.4, 0.5) is 0 Å². The van der Waals surface area contributed by atoms with Crippen molar-refractivity contribution in [3.63, 3.8) is 0 Å². The van der Waals surface area contributed by atoms with Crippen molar-refractivity contribution in [2.45, 2.75) is 95.6 Å². The smallest absolute Gasteiger partial charge is 0.338 e. The molecule has 10 nitrogen and oxygen atoms in total. The standard InChI is InChI=1S/C35H40O10/c1-21(36)41-28-29(44-31(39)24-15-11-8-12-16-24)33(5)26(43-27(38)18-17-23-13-9-7-10-14-23)19-25-20-35(33,45-32(25,3)4)34(6,40)30(28)42-22(2)37/h7-18,25-26,28-30,40H,19-20H2,1-6H3/t25-,26+,28+,29+,30+,33-,34+,35-/m1/s1. The number of esters is 4. The second-order valence-electron chi connectivity index (χ2n) is 13.1. The maximum Gasteiger partial charge on any atom is 0.338 e. The van der Waals surface area contributed by atoms with E-state index in [1.807, 2.05) is 44.2 Å². The molecule has 240 valence electrons. The predicted octanol–water partition coefficient (Wildman–Crippen LogP) is 4.43. The molecule has 45 heavy (non-hydrogen) atoms. The Balaban J connectivity index is 1.67. The van der Waals surface area contributed by atoms with Gasteiger partial charge in [-0.05, 0) is 70.2 Å². The SMILES string of the molecule is CC(=O)O[C@H]1[C@H](OC(=O)c2ccccc2)[C@@]2(C)[C@@H](OC(=O)C=Cc3ccccc3)C[C@@H]3C[C@]2(OC3(C)C)[C@@](C)(O)[C@H]1OC(C)=O. The van der Waals surface area contributed by atoms with Crippen LogP contribution in [0.3, 0.4) is 0 Å². The molecule has 0 radical (unpaired) electrons. The first-order valence-corrected chi connectivity index (χ1v) is 15.1. The van der Waals surface area contributed by atoms with Crippen molar-refractivity contribution >= 4 is 30.0 Å². The first-order valence-electron chi connectivity index (χ1n) is 15.1. The van der Waals surface area contributed by atoms with E-state index < -0.39 is 70.5 Å². The summed E-state index contributed by atoms with van der Waals surface area (Å²) in [6.07, 6.45) is -1.84. The van der Waals surface area contributed by atoms with Crippen LogP contribution < -0.4 is 0 Å². The van der Waals surface area contributed by atoms with E-state index in [4.69, 9.17) is 23.7 Å². The molecule has 2 aromatic carbocycles. The van der Waals surface area contributed by atoms with E-state index in [1.54, 1.807) is 43.3 Å². The van der Waals surface area contributed by atoms with Gasteiger partial charge in [0.15, 0.2) is 18.3 Å². The van der Waals surface area contributed by atoms with E-state index in [-0.39, 0.29) is 17.9 Å². The van der Waals surface area contributed by atoms with Gasteiger partial charge in [-0.25, -0.2) is 9.59 Å². The lowest BCUT2D eigenvalue weighted by molar-refractivity contribution is -0.352. The average molecular weight is 621 g/mol. The minimum Gasteiger partial charge on any atom is -0.458 e. The Labute approximate surface area is 262 Å². The fraction of sp³-hybridized carbons (Fsp3) is 0.486. The number of rotatable bonds is 7. The van der Waals surface area contributed by atoms with Crippen molar-refractivity contribution in [2.24, 2.45) is 11.3 Å². The monoisotopic (exact) mass is 620 g/mol. The third-order valence-electron chi connectivity index (χ3n) is 9.86. The summed E-state index contributed by atoms with van der Waals surface area (Å²) in [4.78, 5) is 52.1. The van der Waals surface area contributed by atoms with Gasteiger partial charge in [0.1, 0.15) is 17.3 Å². The lowest BCUT2D eigenvalue weighted by atomic mass is 9.47. The lowest BCUT2D eigenvalue weighted by Gasteiger charge is -2.65. The van der Waals surface area contributed by atoms with E-state index in [9.17, 15) is 24.3 Å². The van der Waals surface area contributed by atoms with E-state index in [1.165, 1.54) is 26.8 Å².